The molecule has 0 N–H and O–H groups in total. The van der Waals surface area contributed by atoms with Crippen LogP contribution < -0.4 is 0 Å². The van der Waals surface area contributed by atoms with E-state index < -0.39 is 5.82 Å². The summed E-state index contributed by atoms with van der Waals surface area (Å²) in [7, 11) is 0. The van der Waals surface area contributed by atoms with Crippen LogP contribution in [0.15, 0.2) is 18.2 Å². The number of carbonyl (C=O) groups excluding carboxylic acids is 1. The first-order valence-electron chi connectivity index (χ1n) is 5.21. The maximum atomic E-state index is 13.3. The number of halogens is 2. The van der Waals surface area contributed by atoms with Gasteiger partial charge in [-0.2, -0.15) is 0 Å². The number of hydrogen-bond acceptors (Lipinski definition) is 2. The Hall–Kier alpha value is -0.930. The van der Waals surface area contributed by atoms with Crippen molar-refractivity contribution in [1.29, 1.82) is 0 Å². The minimum absolute atomic E-state index is 0.0736. The van der Waals surface area contributed by atoms with Crippen molar-refractivity contribution in [2.24, 2.45) is 0 Å². The molecule has 0 radical (unpaired) electrons. The molecule has 0 atom stereocenters. The van der Waals surface area contributed by atoms with E-state index in [2.05, 4.69) is 0 Å². The summed E-state index contributed by atoms with van der Waals surface area (Å²) in [5.74, 6) is -0.835. The highest BCUT2D eigenvalue weighted by molar-refractivity contribution is 6.30. The molecule has 1 aromatic carbocycles. The van der Waals surface area contributed by atoms with Crippen LogP contribution in [0.3, 0.4) is 0 Å². The van der Waals surface area contributed by atoms with Gasteiger partial charge in [0.2, 0.25) is 0 Å². The van der Waals surface area contributed by atoms with Gasteiger partial charge in [0.15, 0.2) is 5.78 Å². The highest BCUT2D eigenvalue weighted by atomic mass is 35.5. The predicted octanol–water partition coefficient (Wildman–Crippen LogP) is 3.48. The zero-order chi connectivity index (χ0) is 12.0. The van der Waals surface area contributed by atoms with Crippen LogP contribution in [0.2, 0.25) is 5.02 Å². The van der Waals surface area contributed by atoms with Crippen LogP contribution in [0.25, 0.3) is 0 Å². The lowest BCUT2D eigenvalue weighted by Crippen LogP contribution is -2.07. The van der Waals surface area contributed by atoms with Crippen LogP contribution in [-0.2, 0) is 4.74 Å². The molecule has 0 saturated heterocycles. The number of ether oxygens (including phenoxy) is 1. The van der Waals surface area contributed by atoms with Gasteiger partial charge in [0.05, 0.1) is 12.2 Å². The van der Waals surface area contributed by atoms with Gasteiger partial charge < -0.3 is 4.74 Å². The molecule has 2 nitrogen and oxygen atoms in total. The van der Waals surface area contributed by atoms with Crippen LogP contribution in [0.5, 0.6) is 0 Å². The molecule has 0 aliphatic carbocycles. The zero-order valence-electron chi connectivity index (χ0n) is 9.13. The van der Waals surface area contributed by atoms with Gasteiger partial charge in [0.1, 0.15) is 5.82 Å². The molecule has 0 saturated carbocycles. The second kappa shape index (κ2) is 6.61. The predicted molar refractivity (Wildman–Crippen MR) is 61.5 cm³/mol. The van der Waals surface area contributed by atoms with E-state index in [0.717, 1.165) is 12.5 Å². The minimum Gasteiger partial charge on any atom is -0.381 e. The molecule has 0 unspecified atom stereocenters. The Morgan fingerprint density at radius 1 is 1.44 bits per heavy atom. The standard InChI is InChI=1S/C12H14ClFO2/c1-2-6-16-7-5-12(15)10-4-3-9(13)8-11(10)14/h3-4,8H,2,5-7H2,1H3. The van der Waals surface area contributed by atoms with Gasteiger partial charge in [-0.3, -0.25) is 4.79 Å². The zero-order valence-corrected chi connectivity index (χ0v) is 9.89. The summed E-state index contributed by atoms with van der Waals surface area (Å²) in [6.07, 6.45) is 1.10. The summed E-state index contributed by atoms with van der Waals surface area (Å²) in [6.45, 7) is 2.94. The number of hydrogen-bond donors (Lipinski definition) is 0. The van der Waals surface area contributed by atoms with Crippen LogP contribution >= 0.6 is 11.6 Å². The van der Waals surface area contributed by atoms with Gasteiger partial charge in [-0.25, -0.2) is 4.39 Å². The molecule has 0 aromatic heterocycles. The van der Waals surface area contributed by atoms with E-state index in [9.17, 15) is 9.18 Å². The van der Waals surface area contributed by atoms with Crippen molar-refractivity contribution >= 4 is 17.4 Å². The van der Waals surface area contributed by atoms with E-state index in [1.165, 1.54) is 12.1 Å². The largest absolute Gasteiger partial charge is 0.381 e. The molecule has 0 heterocycles. The van der Waals surface area contributed by atoms with Crippen LogP contribution in [-0.4, -0.2) is 19.0 Å². The van der Waals surface area contributed by atoms with Gasteiger partial charge in [-0.1, -0.05) is 18.5 Å². The molecule has 0 spiro atoms. The van der Waals surface area contributed by atoms with Gasteiger partial charge in [0.25, 0.3) is 0 Å². The Bertz CT molecular complexity index is 366. The molecule has 0 aliphatic heterocycles. The summed E-state index contributed by atoms with van der Waals surface area (Å²) in [5, 5.41) is 0.288. The number of Topliss-reactive ketones (excluding diaryl/α,β-unsaturated/α-hetero) is 1. The normalized spacial score (nSPS) is 10.4. The molecule has 0 bridgehead atoms. The minimum atomic E-state index is -0.576. The summed E-state index contributed by atoms with van der Waals surface area (Å²) in [4.78, 5) is 11.6. The lowest BCUT2D eigenvalue weighted by molar-refractivity contribution is 0.0875. The third-order valence-corrected chi connectivity index (χ3v) is 2.29. The number of rotatable bonds is 6. The lowest BCUT2D eigenvalue weighted by atomic mass is 10.1. The average molecular weight is 245 g/mol. The van der Waals surface area contributed by atoms with Crippen molar-refractivity contribution in [3.8, 4) is 0 Å². The van der Waals surface area contributed by atoms with Crippen LogP contribution in [0.1, 0.15) is 30.1 Å². The highest BCUT2D eigenvalue weighted by Gasteiger charge is 2.11. The summed E-state index contributed by atoms with van der Waals surface area (Å²) in [6, 6.07) is 4.05. The number of carbonyl (C=O) groups is 1. The summed E-state index contributed by atoms with van der Waals surface area (Å²) < 4.78 is 18.5. The maximum Gasteiger partial charge on any atom is 0.168 e. The fraction of sp³-hybridized carbons (Fsp3) is 0.417. The molecule has 0 amide bonds. The Labute approximate surface area is 99.4 Å². The second-order valence-electron chi connectivity index (χ2n) is 3.41. The Balaban J connectivity index is 2.53. The Morgan fingerprint density at radius 2 is 2.19 bits per heavy atom. The van der Waals surface area contributed by atoms with Gasteiger partial charge in [0, 0.05) is 18.1 Å². The smallest absolute Gasteiger partial charge is 0.168 e. The lowest BCUT2D eigenvalue weighted by Gasteiger charge is -2.03. The van der Waals surface area contributed by atoms with Crippen LogP contribution in [0, 0.1) is 5.82 Å². The topological polar surface area (TPSA) is 26.3 Å². The van der Waals surface area contributed by atoms with Crippen molar-refractivity contribution in [3.05, 3.63) is 34.6 Å². The van der Waals surface area contributed by atoms with Gasteiger partial charge >= 0.3 is 0 Å². The molecule has 1 rings (SSSR count). The fourth-order valence-electron chi connectivity index (χ4n) is 1.26. The Kier molecular flexibility index (Phi) is 5.43. The van der Waals surface area contributed by atoms with Gasteiger partial charge in [-0.05, 0) is 24.6 Å². The van der Waals surface area contributed by atoms with Crippen LogP contribution in [0.4, 0.5) is 4.39 Å². The summed E-state index contributed by atoms with van der Waals surface area (Å²) in [5.41, 5.74) is 0.0736. The van der Waals surface area contributed by atoms with E-state index in [0.29, 0.717) is 13.2 Å². The molecule has 4 heteroatoms. The van der Waals surface area contributed by atoms with E-state index in [-0.39, 0.29) is 22.8 Å². The van der Waals surface area contributed by atoms with E-state index in [4.69, 9.17) is 16.3 Å². The SMILES string of the molecule is CCCOCCC(=O)c1ccc(Cl)cc1F. The molecular formula is C12H14ClFO2. The average Bonchev–Trinajstić information content (AvgIpc) is 2.24. The third kappa shape index (κ3) is 3.91. The molecule has 88 valence electrons. The third-order valence-electron chi connectivity index (χ3n) is 2.05. The first-order chi connectivity index (χ1) is 7.65. The number of ketones is 1. The monoisotopic (exact) mass is 244 g/mol. The maximum absolute atomic E-state index is 13.3. The van der Waals surface area contributed by atoms with E-state index in [1.807, 2.05) is 6.92 Å². The molecular weight excluding hydrogens is 231 g/mol. The second-order valence-corrected chi connectivity index (χ2v) is 3.85. The van der Waals surface area contributed by atoms with E-state index in [1.54, 1.807) is 0 Å². The van der Waals surface area contributed by atoms with E-state index >= 15 is 0 Å². The van der Waals surface area contributed by atoms with Crippen molar-refractivity contribution < 1.29 is 13.9 Å². The first-order valence-corrected chi connectivity index (χ1v) is 5.59. The first kappa shape index (κ1) is 13.1. The highest BCUT2D eigenvalue weighted by Crippen LogP contribution is 2.16. The quantitative estimate of drug-likeness (QED) is 0.566. The molecule has 0 fully saturated rings. The molecule has 0 aliphatic rings. The molecule has 16 heavy (non-hydrogen) atoms. The fourth-order valence-corrected chi connectivity index (χ4v) is 1.42. The van der Waals surface area contributed by atoms with Crippen molar-refractivity contribution in [1.82, 2.24) is 0 Å². The van der Waals surface area contributed by atoms with Gasteiger partial charge in [-0.15, -0.1) is 0 Å². The van der Waals surface area contributed by atoms with Crippen molar-refractivity contribution in [2.45, 2.75) is 19.8 Å². The van der Waals surface area contributed by atoms with Crippen molar-refractivity contribution in [2.75, 3.05) is 13.2 Å². The number of benzene rings is 1. The van der Waals surface area contributed by atoms with Crippen molar-refractivity contribution in [3.63, 3.8) is 0 Å². The molecule has 1 aromatic rings. The Morgan fingerprint density at radius 3 is 2.81 bits per heavy atom. The summed E-state index contributed by atoms with van der Waals surface area (Å²) >= 11 is 5.59.